The van der Waals surface area contributed by atoms with Gasteiger partial charge in [0.1, 0.15) is 0 Å². The van der Waals surface area contributed by atoms with Gasteiger partial charge in [-0.1, -0.05) is 30.3 Å². The summed E-state index contributed by atoms with van der Waals surface area (Å²) in [5.74, 6) is 0. The van der Waals surface area contributed by atoms with Crippen molar-refractivity contribution in [2.75, 3.05) is 5.32 Å². The maximum atomic E-state index is 12.3. The van der Waals surface area contributed by atoms with Gasteiger partial charge in [-0.3, -0.25) is 0 Å². The molecule has 0 saturated carbocycles. The first-order valence-corrected chi connectivity index (χ1v) is 6.46. The summed E-state index contributed by atoms with van der Waals surface area (Å²) in [5, 5.41) is 8.00. The molecule has 0 fully saturated rings. The molecule has 0 atom stereocenters. The van der Waals surface area contributed by atoms with E-state index in [4.69, 9.17) is 0 Å². The highest BCUT2D eigenvalue weighted by Crippen LogP contribution is 2.18. The van der Waals surface area contributed by atoms with E-state index < -0.39 is 0 Å². The van der Waals surface area contributed by atoms with Crippen LogP contribution in [0.15, 0.2) is 48.7 Å². The fraction of sp³-hybridized carbons (Fsp3) is 0.125. The van der Waals surface area contributed by atoms with Crippen LogP contribution in [-0.4, -0.2) is 15.8 Å². The van der Waals surface area contributed by atoms with E-state index in [0.717, 1.165) is 27.7 Å². The monoisotopic (exact) mass is 265 g/mol. The minimum Gasteiger partial charge on any atom is -0.306 e. The predicted molar refractivity (Wildman–Crippen MR) is 80.1 cm³/mol. The van der Waals surface area contributed by atoms with Crippen molar-refractivity contribution >= 4 is 22.6 Å². The lowest BCUT2D eigenvalue weighted by Crippen LogP contribution is -2.21. The number of amides is 1. The second kappa shape index (κ2) is 4.81. The summed E-state index contributed by atoms with van der Waals surface area (Å²) < 4.78 is 1.39. The summed E-state index contributed by atoms with van der Waals surface area (Å²) in [6.45, 7) is 3.97. The number of anilines is 1. The van der Waals surface area contributed by atoms with Crippen molar-refractivity contribution in [3.63, 3.8) is 0 Å². The minimum absolute atomic E-state index is 0.250. The number of para-hydroxylation sites is 1. The smallest absolute Gasteiger partial charge is 0.306 e. The molecule has 0 aliphatic heterocycles. The van der Waals surface area contributed by atoms with Gasteiger partial charge >= 0.3 is 6.03 Å². The zero-order valence-corrected chi connectivity index (χ0v) is 11.4. The molecule has 0 aliphatic carbocycles. The second-order valence-electron chi connectivity index (χ2n) is 4.86. The summed E-state index contributed by atoms with van der Waals surface area (Å²) >= 11 is 0. The standard InChI is InChI=1S/C16H15N3O/c1-11-7-8-12(2)14(9-11)18-16(20)19-15-6-4-3-5-13(15)10-17-19/h3-10H,1-2H3,(H,18,20). The van der Waals surface area contributed by atoms with Gasteiger partial charge in [0, 0.05) is 11.1 Å². The predicted octanol–water partition coefficient (Wildman–Crippen LogP) is 3.73. The highest BCUT2D eigenvalue weighted by Gasteiger charge is 2.11. The second-order valence-corrected chi connectivity index (χ2v) is 4.86. The lowest BCUT2D eigenvalue weighted by molar-refractivity contribution is 0.252. The van der Waals surface area contributed by atoms with E-state index in [1.54, 1.807) is 6.20 Å². The molecule has 1 amide bonds. The molecule has 0 saturated heterocycles. The zero-order valence-electron chi connectivity index (χ0n) is 11.4. The third-order valence-corrected chi connectivity index (χ3v) is 3.30. The van der Waals surface area contributed by atoms with Crippen LogP contribution >= 0.6 is 0 Å². The van der Waals surface area contributed by atoms with Crippen LogP contribution in [0.25, 0.3) is 10.9 Å². The van der Waals surface area contributed by atoms with Gasteiger partial charge in [-0.15, -0.1) is 0 Å². The Labute approximate surface area is 117 Å². The average Bonchev–Trinajstić information content (AvgIpc) is 2.87. The number of fused-ring (bicyclic) bond motifs is 1. The van der Waals surface area contributed by atoms with E-state index in [9.17, 15) is 4.79 Å². The van der Waals surface area contributed by atoms with E-state index in [0.29, 0.717) is 0 Å². The number of aromatic nitrogens is 2. The lowest BCUT2D eigenvalue weighted by atomic mass is 10.1. The number of nitrogens with zero attached hydrogens (tertiary/aromatic N) is 2. The van der Waals surface area contributed by atoms with Crippen LogP contribution < -0.4 is 5.32 Å². The van der Waals surface area contributed by atoms with Crippen molar-refractivity contribution in [3.8, 4) is 0 Å². The molecule has 1 heterocycles. The molecule has 4 heteroatoms. The van der Waals surface area contributed by atoms with Crippen molar-refractivity contribution in [1.82, 2.24) is 9.78 Å². The van der Waals surface area contributed by atoms with E-state index in [1.165, 1.54) is 4.68 Å². The van der Waals surface area contributed by atoms with Gasteiger partial charge in [-0.05, 0) is 37.1 Å². The Kier molecular flexibility index (Phi) is 2.99. The summed E-state index contributed by atoms with van der Waals surface area (Å²) in [5.41, 5.74) is 3.75. The molecule has 0 radical (unpaired) electrons. The van der Waals surface area contributed by atoms with E-state index in [2.05, 4.69) is 10.4 Å². The van der Waals surface area contributed by atoms with Crippen LogP contribution in [0.4, 0.5) is 10.5 Å². The Bertz CT molecular complexity index is 789. The highest BCUT2D eigenvalue weighted by molar-refractivity contribution is 5.97. The van der Waals surface area contributed by atoms with Crippen molar-refractivity contribution < 1.29 is 4.79 Å². The molecule has 100 valence electrons. The van der Waals surface area contributed by atoms with Crippen molar-refractivity contribution in [1.29, 1.82) is 0 Å². The van der Waals surface area contributed by atoms with Crippen LogP contribution in [0.3, 0.4) is 0 Å². The molecule has 0 spiro atoms. The normalized spacial score (nSPS) is 10.7. The molecule has 4 nitrogen and oxygen atoms in total. The van der Waals surface area contributed by atoms with E-state index >= 15 is 0 Å². The first-order valence-electron chi connectivity index (χ1n) is 6.46. The van der Waals surface area contributed by atoms with Crippen molar-refractivity contribution in [3.05, 3.63) is 59.8 Å². The Morgan fingerprint density at radius 2 is 1.95 bits per heavy atom. The van der Waals surface area contributed by atoms with Crippen LogP contribution in [-0.2, 0) is 0 Å². The summed E-state index contributed by atoms with van der Waals surface area (Å²) in [6.07, 6.45) is 1.69. The average molecular weight is 265 g/mol. The topological polar surface area (TPSA) is 46.9 Å². The number of carbonyl (C=O) groups excluding carboxylic acids is 1. The molecule has 20 heavy (non-hydrogen) atoms. The van der Waals surface area contributed by atoms with Crippen LogP contribution in [0.5, 0.6) is 0 Å². The number of hydrogen-bond donors (Lipinski definition) is 1. The molecule has 0 aliphatic rings. The van der Waals surface area contributed by atoms with Crippen molar-refractivity contribution in [2.45, 2.75) is 13.8 Å². The first kappa shape index (κ1) is 12.4. The van der Waals surface area contributed by atoms with Gasteiger partial charge in [-0.25, -0.2) is 4.79 Å². The number of hydrogen-bond acceptors (Lipinski definition) is 2. The summed E-state index contributed by atoms with van der Waals surface area (Å²) in [4.78, 5) is 12.3. The third-order valence-electron chi connectivity index (χ3n) is 3.30. The Morgan fingerprint density at radius 1 is 1.15 bits per heavy atom. The van der Waals surface area contributed by atoms with Crippen LogP contribution in [0.2, 0.25) is 0 Å². The maximum Gasteiger partial charge on any atom is 0.347 e. The molecular weight excluding hydrogens is 250 g/mol. The zero-order chi connectivity index (χ0) is 14.1. The van der Waals surface area contributed by atoms with Crippen molar-refractivity contribution in [2.24, 2.45) is 0 Å². The number of benzene rings is 2. The van der Waals surface area contributed by atoms with E-state index in [-0.39, 0.29) is 6.03 Å². The fourth-order valence-electron chi connectivity index (χ4n) is 2.17. The molecule has 2 aromatic carbocycles. The number of carbonyl (C=O) groups is 1. The number of nitrogens with one attached hydrogen (secondary N) is 1. The molecular formula is C16H15N3O. The fourth-order valence-corrected chi connectivity index (χ4v) is 2.17. The Morgan fingerprint density at radius 3 is 2.80 bits per heavy atom. The Hall–Kier alpha value is -2.62. The van der Waals surface area contributed by atoms with Crippen LogP contribution in [0.1, 0.15) is 11.1 Å². The van der Waals surface area contributed by atoms with Gasteiger partial charge in [-0.2, -0.15) is 9.78 Å². The van der Waals surface area contributed by atoms with Gasteiger partial charge in [0.15, 0.2) is 0 Å². The van der Waals surface area contributed by atoms with Gasteiger partial charge < -0.3 is 5.32 Å². The molecule has 3 rings (SSSR count). The lowest BCUT2D eigenvalue weighted by Gasteiger charge is -2.09. The number of rotatable bonds is 1. The summed E-state index contributed by atoms with van der Waals surface area (Å²) in [6, 6.07) is 13.4. The molecule has 1 aromatic heterocycles. The minimum atomic E-state index is -0.250. The quantitative estimate of drug-likeness (QED) is 0.728. The summed E-state index contributed by atoms with van der Waals surface area (Å²) in [7, 11) is 0. The number of aryl methyl sites for hydroxylation is 2. The highest BCUT2D eigenvalue weighted by atomic mass is 16.2. The SMILES string of the molecule is Cc1ccc(C)c(NC(=O)n2ncc3ccccc32)c1. The Balaban J connectivity index is 1.95. The largest absolute Gasteiger partial charge is 0.347 e. The van der Waals surface area contributed by atoms with Crippen LogP contribution in [0, 0.1) is 13.8 Å². The molecule has 0 bridgehead atoms. The molecule has 1 N–H and O–H groups in total. The van der Waals surface area contributed by atoms with E-state index in [1.807, 2.05) is 56.3 Å². The first-order chi connectivity index (χ1) is 9.65. The van der Waals surface area contributed by atoms with Gasteiger partial charge in [0.25, 0.3) is 0 Å². The molecule has 3 aromatic rings. The maximum absolute atomic E-state index is 12.3. The van der Waals surface area contributed by atoms with Gasteiger partial charge in [0.05, 0.1) is 11.7 Å². The van der Waals surface area contributed by atoms with Gasteiger partial charge in [0.2, 0.25) is 0 Å². The molecule has 0 unspecified atom stereocenters. The third kappa shape index (κ3) is 2.16.